The molecule has 0 saturated carbocycles. The number of nitrogens with zero attached hydrogens (tertiary/aromatic N) is 2. The first kappa shape index (κ1) is 13.1. The molecule has 2 aromatic heterocycles. The molecule has 2 atom stereocenters. The molecular weight excluding hydrogens is 282 g/mol. The first-order valence-corrected chi connectivity index (χ1v) is 7.33. The number of hydrogen-bond donors (Lipinski definition) is 1. The maximum absolute atomic E-state index is 5.95. The second kappa shape index (κ2) is 5.23. The van der Waals surface area contributed by atoms with Crippen molar-refractivity contribution in [3.05, 3.63) is 22.1 Å². The molecule has 0 amide bonds. The van der Waals surface area contributed by atoms with E-state index in [4.69, 9.17) is 28.6 Å². The molecule has 1 saturated heterocycles. The Kier molecular flexibility index (Phi) is 3.60. The van der Waals surface area contributed by atoms with Crippen LogP contribution in [0.3, 0.4) is 0 Å². The number of imidazole rings is 1. The topological polar surface area (TPSA) is 42.8 Å². The molecule has 6 heteroatoms. The van der Waals surface area contributed by atoms with Gasteiger partial charge in [0.25, 0.3) is 0 Å². The summed E-state index contributed by atoms with van der Waals surface area (Å²) in [6.07, 6.45) is 4.12. The van der Waals surface area contributed by atoms with Crippen molar-refractivity contribution in [2.75, 3.05) is 6.61 Å². The van der Waals surface area contributed by atoms with E-state index in [2.05, 4.69) is 21.5 Å². The van der Waals surface area contributed by atoms with Crippen molar-refractivity contribution in [1.29, 1.82) is 0 Å². The van der Waals surface area contributed by atoms with E-state index < -0.39 is 0 Å². The number of aromatic amines is 1. The quantitative estimate of drug-likeness (QED) is 0.881. The lowest BCUT2D eigenvalue weighted by Crippen LogP contribution is -2.20. The van der Waals surface area contributed by atoms with Crippen LogP contribution in [0.2, 0.25) is 5.02 Å². The van der Waals surface area contributed by atoms with E-state index in [9.17, 15) is 0 Å². The minimum atomic E-state index is 0.333. The highest BCUT2D eigenvalue weighted by molar-refractivity contribution is 7.71. The number of fused-ring (bicyclic) bond motifs is 1. The molecule has 0 spiro atoms. The fourth-order valence-electron chi connectivity index (χ4n) is 2.77. The van der Waals surface area contributed by atoms with Gasteiger partial charge in [0.05, 0.1) is 16.6 Å². The smallest absolute Gasteiger partial charge is 0.179 e. The van der Waals surface area contributed by atoms with Crippen LogP contribution in [-0.2, 0) is 11.3 Å². The number of H-pyrrole nitrogens is 1. The van der Waals surface area contributed by atoms with Gasteiger partial charge in [0.1, 0.15) is 0 Å². The minimum Gasteiger partial charge on any atom is -0.378 e. The number of hydrogen-bond acceptors (Lipinski definition) is 3. The normalized spacial score (nSPS) is 23.3. The van der Waals surface area contributed by atoms with E-state index in [1.165, 1.54) is 0 Å². The average Bonchev–Trinajstić information content (AvgIpc) is 2.95. The van der Waals surface area contributed by atoms with Crippen molar-refractivity contribution in [3.63, 3.8) is 0 Å². The summed E-state index contributed by atoms with van der Waals surface area (Å²) in [5, 5.41) is 0.617. The van der Waals surface area contributed by atoms with Crippen molar-refractivity contribution < 1.29 is 4.74 Å². The monoisotopic (exact) mass is 297 g/mol. The minimum absolute atomic E-state index is 0.333. The van der Waals surface area contributed by atoms with E-state index >= 15 is 0 Å². The van der Waals surface area contributed by atoms with Crippen molar-refractivity contribution >= 4 is 35.0 Å². The van der Waals surface area contributed by atoms with Gasteiger partial charge in [-0.3, -0.25) is 0 Å². The average molecular weight is 298 g/mol. The van der Waals surface area contributed by atoms with Crippen LogP contribution < -0.4 is 0 Å². The molecule has 102 valence electrons. The van der Waals surface area contributed by atoms with E-state index in [1.807, 2.05) is 6.07 Å². The number of rotatable bonds is 3. The predicted octanol–water partition coefficient (Wildman–Crippen LogP) is 3.56. The Hall–Kier alpha value is -0.910. The first-order chi connectivity index (χ1) is 9.19. The molecule has 0 aliphatic carbocycles. The summed E-state index contributed by atoms with van der Waals surface area (Å²) in [5.74, 6) is 0.508. The first-order valence-electron chi connectivity index (χ1n) is 6.54. The Morgan fingerprint density at radius 1 is 1.63 bits per heavy atom. The summed E-state index contributed by atoms with van der Waals surface area (Å²) >= 11 is 11.3. The number of ether oxygens (including phenoxy) is 1. The molecule has 2 aromatic rings. The van der Waals surface area contributed by atoms with Gasteiger partial charge in [0.2, 0.25) is 0 Å². The van der Waals surface area contributed by atoms with Gasteiger partial charge < -0.3 is 14.3 Å². The third kappa shape index (κ3) is 2.42. The van der Waals surface area contributed by atoms with Crippen molar-refractivity contribution in [2.24, 2.45) is 5.92 Å². The molecule has 1 N–H and O–H groups in total. The molecule has 19 heavy (non-hydrogen) atoms. The Morgan fingerprint density at radius 2 is 2.47 bits per heavy atom. The second-order valence-electron chi connectivity index (χ2n) is 4.93. The SMILES string of the molecule is CCC1OCCC1Cn1c(=S)[nH]c2cc(Cl)cnc21. The van der Waals surface area contributed by atoms with E-state index in [1.54, 1.807) is 6.20 Å². The zero-order valence-corrected chi connectivity index (χ0v) is 12.3. The summed E-state index contributed by atoms with van der Waals surface area (Å²) in [4.78, 5) is 7.55. The van der Waals surface area contributed by atoms with Gasteiger partial charge in [-0.25, -0.2) is 4.98 Å². The highest BCUT2D eigenvalue weighted by Gasteiger charge is 2.27. The molecule has 3 heterocycles. The Labute approximate surface area is 121 Å². The van der Waals surface area contributed by atoms with Crippen LogP contribution in [0.25, 0.3) is 11.2 Å². The Morgan fingerprint density at radius 3 is 3.26 bits per heavy atom. The molecule has 4 nitrogen and oxygen atoms in total. The van der Waals surface area contributed by atoms with Crippen LogP contribution in [0.5, 0.6) is 0 Å². The van der Waals surface area contributed by atoms with Crippen LogP contribution in [0.1, 0.15) is 19.8 Å². The fraction of sp³-hybridized carbons (Fsp3) is 0.538. The summed E-state index contributed by atoms with van der Waals surface area (Å²) in [7, 11) is 0. The molecular formula is C13H16ClN3OS. The zero-order valence-electron chi connectivity index (χ0n) is 10.7. The van der Waals surface area contributed by atoms with Crippen LogP contribution in [0.15, 0.2) is 12.3 Å². The lowest BCUT2D eigenvalue weighted by Gasteiger charge is -2.17. The molecule has 0 radical (unpaired) electrons. The molecule has 2 unspecified atom stereocenters. The van der Waals surface area contributed by atoms with Crippen molar-refractivity contribution in [1.82, 2.24) is 14.5 Å². The van der Waals surface area contributed by atoms with Gasteiger partial charge in [-0.1, -0.05) is 18.5 Å². The zero-order chi connectivity index (χ0) is 13.4. The molecule has 1 fully saturated rings. The van der Waals surface area contributed by atoms with Crippen LogP contribution in [-0.4, -0.2) is 27.2 Å². The van der Waals surface area contributed by atoms with E-state index in [0.29, 0.717) is 21.8 Å². The highest BCUT2D eigenvalue weighted by atomic mass is 35.5. The third-order valence-corrected chi connectivity index (χ3v) is 4.27. The molecule has 3 rings (SSSR count). The van der Waals surface area contributed by atoms with E-state index in [0.717, 1.165) is 37.2 Å². The summed E-state index contributed by atoms with van der Waals surface area (Å²) in [6.45, 7) is 3.86. The lowest BCUT2D eigenvalue weighted by molar-refractivity contribution is 0.0836. The highest BCUT2D eigenvalue weighted by Crippen LogP contribution is 2.26. The van der Waals surface area contributed by atoms with Crippen molar-refractivity contribution in [3.8, 4) is 0 Å². The maximum Gasteiger partial charge on any atom is 0.179 e. The van der Waals surface area contributed by atoms with Gasteiger partial charge in [0.15, 0.2) is 10.4 Å². The van der Waals surface area contributed by atoms with Gasteiger partial charge in [-0.15, -0.1) is 0 Å². The summed E-state index contributed by atoms with van der Waals surface area (Å²) in [6, 6.07) is 1.86. The molecule has 0 aromatic carbocycles. The largest absolute Gasteiger partial charge is 0.378 e. The van der Waals surface area contributed by atoms with Crippen LogP contribution in [0, 0.1) is 10.7 Å². The number of pyridine rings is 1. The molecule has 1 aliphatic heterocycles. The number of aromatic nitrogens is 3. The Bertz CT molecular complexity index is 651. The summed E-state index contributed by atoms with van der Waals surface area (Å²) in [5.41, 5.74) is 1.76. The maximum atomic E-state index is 5.95. The van der Waals surface area contributed by atoms with Gasteiger partial charge in [0, 0.05) is 25.3 Å². The fourth-order valence-corrected chi connectivity index (χ4v) is 3.20. The standard InChI is InChI=1S/C13H16ClN3OS/c1-2-11-8(3-4-18-11)7-17-12-10(16-13(17)19)5-9(14)6-15-12/h5-6,8,11H,2-4,7H2,1H3,(H,16,19). The van der Waals surface area contributed by atoms with Gasteiger partial charge >= 0.3 is 0 Å². The molecule has 1 aliphatic rings. The van der Waals surface area contributed by atoms with Crippen molar-refractivity contribution in [2.45, 2.75) is 32.4 Å². The second-order valence-corrected chi connectivity index (χ2v) is 5.75. The van der Waals surface area contributed by atoms with Gasteiger partial charge in [-0.05, 0) is 31.1 Å². The molecule has 0 bridgehead atoms. The number of nitrogens with one attached hydrogen (secondary N) is 1. The predicted molar refractivity (Wildman–Crippen MR) is 78.1 cm³/mol. The lowest BCUT2D eigenvalue weighted by atomic mass is 10.00. The third-order valence-electron chi connectivity index (χ3n) is 3.74. The van der Waals surface area contributed by atoms with Crippen LogP contribution >= 0.6 is 23.8 Å². The Balaban J connectivity index is 1.96. The van der Waals surface area contributed by atoms with E-state index in [-0.39, 0.29) is 0 Å². The van der Waals surface area contributed by atoms with Gasteiger partial charge in [-0.2, -0.15) is 0 Å². The number of halogens is 1. The van der Waals surface area contributed by atoms with Crippen LogP contribution in [0.4, 0.5) is 0 Å². The summed E-state index contributed by atoms with van der Waals surface area (Å²) < 4.78 is 8.49.